The van der Waals surface area contributed by atoms with Crippen molar-refractivity contribution in [2.45, 2.75) is 84.3 Å². The molecule has 0 spiro atoms. The first-order valence-corrected chi connectivity index (χ1v) is 12.7. The number of aliphatic imine (C=N–C) groups is 1. The number of hydrogen-bond acceptors (Lipinski definition) is 7. The van der Waals surface area contributed by atoms with E-state index in [4.69, 9.17) is 9.47 Å². The molecule has 0 saturated heterocycles. The number of aliphatic hydroxyl groups excluding tert-OH is 1. The number of phenolic OH excluding ortho intramolecular Hbond substituents is 1. The number of benzene rings is 1. The summed E-state index contributed by atoms with van der Waals surface area (Å²) in [5.74, 6) is 0.831. The SMILES string of the molecule is CCCCNC(=O)[C@@](C)(C[C@@H](O)CC[C@@H](Cc1ccc(O)c(OCCCOC)c1)C(C)C)N=C=O. The Morgan fingerprint density at radius 1 is 1.23 bits per heavy atom. The van der Waals surface area contributed by atoms with E-state index < -0.39 is 11.6 Å². The zero-order valence-electron chi connectivity index (χ0n) is 22.0. The number of carbonyl (C=O) groups excluding carboxylic acids is 2. The average molecular weight is 493 g/mol. The van der Waals surface area contributed by atoms with Gasteiger partial charge in [0.1, 0.15) is 0 Å². The van der Waals surface area contributed by atoms with Gasteiger partial charge in [0, 0.05) is 33.1 Å². The number of carbonyl (C=O) groups is 1. The molecule has 35 heavy (non-hydrogen) atoms. The van der Waals surface area contributed by atoms with Crippen molar-refractivity contribution in [3.63, 3.8) is 0 Å². The molecule has 1 aromatic rings. The molecule has 1 rings (SSSR count). The minimum absolute atomic E-state index is 0.0592. The van der Waals surface area contributed by atoms with Gasteiger partial charge in [-0.25, -0.2) is 4.79 Å². The van der Waals surface area contributed by atoms with Crippen molar-refractivity contribution in [2.75, 3.05) is 26.9 Å². The van der Waals surface area contributed by atoms with E-state index >= 15 is 0 Å². The summed E-state index contributed by atoms with van der Waals surface area (Å²) in [6.45, 7) is 9.43. The summed E-state index contributed by atoms with van der Waals surface area (Å²) in [4.78, 5) is 27.3. The molecule has 0 aliphatic carbocycles. The normalized spacial score (nSPS) is 14.6. The Bertz CT molecular complexity index is 809. The summed E-state index contributed by atoms with van der Waals surface area (Å²) in [6.07, 6.45) is 5.26. The maximum absolute atomic E-state index is 12.6. The van der Waals surface area contributed by atoms with Crippen LogP contribution in [-0.4, -0.2) is 60.7 Å². The fourth-order valence-electron chi connectivity index (χ4n) is 3.99. The lowest BCUT2D eigenvalue weighted by Gasteiger charge is -2.27. The van der Waals surface area contributed by atoms with Crippen LogP contribution in [0.2, 0.25) is 0 Å². The van der Waals surface area contributed by atoms with Gasteiger partial charge in [0.15, 0.2) is 17.0 Å². The van der Waals surface area contributed by atoms with Gasteiger partial charge in [0.25, 0.3) is 0 Å². The van der Waals surface area contributed by atoms with Crippen LogP contribution in [0.5, 0.6) is 11.5 Å². The lowest BCUT2D eigenvalue weighted by molar-refractivity contribution is -0.126. The molecule has 8 heteroatoms. The number of aromatic hydroxyl groups is 1. The quantitative estimate of drug-likeness (QED) is 0.161. The molecule has 8 nitrogen and oxygen atoms in total. The highest BCUT2D eigenvalue weighted by Crippen LogP contribution is 2.31. The van der Waals surface area contributed by atoms with E-state index in [0.29, 0.717) is 37.8 Å². The molecule has 0 aliphatic heterocycles. The van der Waals surface area contributed by atoms with E-state index in [-0.39, 0.29) is 24.0 Å². The highest BCUT2D eigenvalue weighted by molar-refractivity contribution is 5.86. The fourth-order valence-corrected chi connectivity index (χ4v) is 3.99. The Morgan fingerprint density at radius 3 is 2.60 bits per heavy atom. The van der Waals surface area contributed by atoms with Crippen LogP contribution in [0.4, 0.5) is 0 Å². The van der Waals surface area contributed by atoms with Gasteiger partial charge >= 0.3 is 0 Å². The van der Waals surface area contributed by atoms with E-state index in [1.165, 1.54) is 6.08 Å². The highest BCUT2D eigenvalue weighted by atomic mass is 16.5. The first kappa shape index (κ1) is 30.6. The summed E-state index contributed by atoms with van der Waals surface area (Å²) >= 11 is 0. The van der Waals surface area contributed by atoms with Gasteiger partial charge in [-0.3, -0.25) is 4.79 Å². The molecule has 0 radical (unpaired) electrons. The third-order valence-electron chi connectivity index (χ3n) is 6.32. The van der Waals surface area contributed by atoms with E-state index in [2.05, 4.69) is 24.2 Å². The number of ether oxygens (including phenoxy) is 2. The number of amides is 1. The first-order valence-electron chi connectivity index (χ1n) is 12.7. The highest BCUT2D eigenvalue weighted by Gasteiger charge is 2.35. The Labute approximate surface area is 210 Å². The summed E-state index contributed by atoms with van der Waals surface area (Å²) in [5, 5.41) is 23.6. The van der Waals surface area contributed by atoms with Crippen molar-refractivity contribution >= 4 is 12.0 Å². The van der Waals surface area contributed by atoms with Crippen LogP contribution in [0, 0.1) is 11.8 Å². The second-order valence-electron chi connectivity index (χ2n) is 9.73. The van der Waals surface area contributed by atoms with E-state index in [1.807, 2.05) is 19.1 Å². The number of nitrogens with zero attached hydrogens (tertiary/aromatic N) is 1. The Hall–Kier alpha value is -2.41. The molecule has 0 aromatic heterocycles. The number of aliphatic hydroxyl groups is 1. The predicted octanol–water partition coefficient (Wildman–Crippen LogP) is 4.16. The second-order valence-corrected chi connectivity index (χ2v) is 9.73. The minimum Gasteiger partial charge on any atom is -0.504 e. The number of hydrogen-bond donors (Lipinski definition) is 3. The van der Waals surface area contributed by atoms with Crippen LogP contribution in [0.3, 0.4) is 0 Å². The molecule has 0 bridgehead atoms. The second kappa shape index (κ2) is 16.3. The Balaban J connectivity index is 2.75. The zero-order valence-corrected chi connectivity index (χ0v) is 22.0. The molecular formula is C27H44N2O6. The molecule has 0 aliphatic rings. The van der Waals surface area contributed by atoms with Crippen LogP contribution in [0.1, 0.15) is 71.8 Å². The van der Waals surface area contributed by atoms with Crippen molar-refractivity contribution in [1.82, 2.24) is 5.32 Å². The van der Waals surface area contributed by atoms with Gasteiger partial charge in [-0.1, -0.05) is 33.3 Å². The lowest BCUT2D eigenvalue weighted by atomic mass is 9.83. The van der Waals surface area contributed by atoms with Crippen molar-refractivity contribution in [2.24, 2.45) is 16.8 Å². The number of isocyanates is 1. The van der Waals surface area contributed by atoms with Crippen LogP contribution in [0.25, 0.3) is 0 Å². The van der Waals surface area contributed by atoms with Crippen LogP contribution < -0.4 is 10.1 Å². The molecule has 3 N–H and O–H groups in total. The molecular weight excluding hydrogens is 448 g/mol. The van der Waals surface area contributed by atoms with Gasteiger partial charge in [-0.05, 0) is 62.1 Å². The molecule has 1 aromatic carbocycles. The molecule has 0 saturated carbocycles. The maximum atomic E-state index is 12.6. The van der Waals surface area contributed by atoms with Gasteiger partial charge in [-0.15, -0.1) is 0 Å². The predicted molar refractivity (Wildman–Crippen MR) is 136 cm³/mol. The minimum atomic E-state index is -1.34. The molecule has 0 heterocycles. The summed E-state index contributed by atoms with van der Waals surface area (Å²) < 4.78 is 10.7. The van der Waals surface area contributed by atoms with E-state index in [9.17, 15) is 19.8 Å². The zero-order chi connectivity index (χ0) is 26.3. The van der Waals surface area contributed by atoms with Crippen molar-refractivity contribution in [3.8, 4) is 11.5 Å². The van der Waals surface area contributed by atoms with E-state index in [1.54, 1.807) is 20.1 Å². The summed E-state index contributed by atoms with van der Waals surface area (Å²) in [6, 6.07) is 5.40. The van der Waals surface area contributed by atoms with Gasteiger partial charge in [0.2, 0.25) is 12.0 Å². The van der Waals surface area contributed by atoms with Crippen LogP contribution in [-0.2, 0) is 20.7 Å². The smallest absolute Gasteiger partial charge is 0.248 e. The molecule has 3 atom stereocenters. The average Bonchev–Trinajstić information content (AvgIpc) is 2.81. The van der Waals surface area contributed by atoms with Gasteiger partial charge < -0.3 is 25.0 Å². The van der Waals surface area contributed by atoms with Gasteiger partial charge in [0.05, 0.1) is 12.7 Å². The topological polar surface area (TPSA) is 117 Å². The Kier molecular flexibility index (Phi) is 14.3. The van der Waals surface area contributed by atoms with Crippen LogP contribution >= 0.6 is 0 Å². The monoisotopic (exact) mass is 492 g/mol. The third-order valence-corrected chi connectivity index (χ3v) is 6.32. The number of nitrogens with one attached hydrogen (secondary N) is 1. The number of rotatable bonds is 18. The molecule has 0 fully saturated rings. The third kappa shape index (κ3) is 11.2. The maximum Gasteiger partial charge on any atom is 0.248 e. The molecule has 198 valence electrons. The Morgan fingerprint density at radius 2 is 1.97 bits per heavy atom. The van der Waals surface area contributed by atoms with Crippen molar-refractivity contribution in [3.05, 3.63) is 23.8 Å². The molecule has 1 amide bonds. The standard InChI is InChI=1S/C27H44N2O6/c1-6-7-13-28-26(33)27(4,29-19-30)18-23(31)11-10-22(20(2)3)16-21-9-12-24(32)25(17-21)35-15-8-14-34-5/h9,12,17,20,22-23,31-32H,6-8,10-11,13-16,18H2,1-5H3,(H,28,33)/t22-,23-,27+/m0/s1. The summed E-state index contributed by atoms with van der Waals surface area (Å²) in [7, 11) is 1.64. The van der Waals surface area contributed by atoms with E-state index in [0.717, 1.165) is 37.7 Å². The molecule has 0 unspecified atom stereocenters. The van der Waals surface area contributed by atoms with Crippen LogP contribution in [0.15, 0.2) is 23.2 Å². The number of phenols is 1. The largest absolute Gasteiger partial charge is 0.504 e. The lowest BCUT2D eigenvalue weighted by Crippen LogP contribution is -2.45. The fraction of sp³-hybridized carbons (Fsp3) is 0.704. The first-order chi connectivity index (χ1) is 16.7. The number of methoxy groups -OCH3 is 1. The number of unbranched alkanes of at least 4 members (excludes halogenated alkanes) is 1. The van der Waals surface area contributed by atoms with Crippen molar-refractivity contribution in [1.29, 1.82) is 0 Å². The van der Waals surface area contributed by atoms with Gasteiger partial charge in [-0.2, -0.15) is 4.99 Å². The summed E-state index contributed by atoms with van der Waals surface area (Å²) in [5.41, 5.74) is -0.294. The van der Waals surface area contributed by atoms with Crippen molar-refractivity contribution < 1.29 is 29.3 Å².